The van der Waals surface area contributed by atoms with Crippen molar-refractivity contribution in [1.82, 2.24) is 4.90 Å². The molecule has 1 rings (SSSR count). The van der Waals surface area contributed by atoms with Gasteiger partial charge in [0.2, 0.25) is 0 Å². The van der Waals surface area contributed by atoms with Gasteiger partial charge in [0.1, 0.15) is 6.61 Å². The largest absolute Gasteiger partial charge is 0.463 e. The highest BCUT2D eigenvalue weighted by atomic mass is 16.5. The van der Waals surface area contributed by atoms with Crippen LogP contribution in [0.15, 0.2) is 12.2 Å². The summed E-state index contributed by atoms with van der Waals surface area (Å²) in [6.07, 6.45) is 5.92. The van der Waals surface area contributed by atoms with Gasteiger partial charge in [-0.25, -0.2) is 9.59 Å². The summed E-state index contributed by atoms with van der Waals surface area (Å²) in [5.74, 6) is -1.02. The Hall–Kier alpha value is -1.36. The summed E-state index contributed by atoms with van der Waals surface area (Å²) in [4.78, 5) is 24.5. The van der Waals surface area contributed by atoms with Gasteiger partial charge in [-0.15, -0.1) is 0 Å². The molecule has 0 aromatic carbocycles. The molecule has 1 heterocycles. The molecule has 1 fully saturated rings. The molecular weight excluding hydrogens is 234 g/mol. The smallest absolute Gasteiger partial charge is 0.331 e. The van der Waals surface area contributed by atoms with E-state index in [0.717, 1.165) is 31.8 Å². The zero-order chi connectivity index (χ0) is 13.2. The first-order chi connectivity index (χ1) is 8.72. The van der Waals surface area contributed by atoms with Gasteiger partial charge in [0, 0.05) is 18.7 Å². The van der Waals surface area contributed by atoms with E-state index in [-0.39, 0.29) is 0 Å². The fraction of sp³-hybridized carbons (Fsp3) is 0.692. The van der Waals surface area contributed by atoms with Gasteiger partial charge in [0.05, 0.1) is 6.61 Å². The Labute approximate surface area is 108 Å². The number of esters is 2. The number of carbonyl (C=O) groups excluding carboxylic acids is 2. The fourth-order valence-corrected chi connectivity index (χ4v) is 1.83. The quantitative estimate of drug-likeness (QED) is 0.526. The third-order valence-corrected chi connectivity index (χ3v) is 2.74. The van der Waals surface area contributed by atoms with Crippen molar-refractivity contribution in [2.75, 3.05) is 32.8 Å². The standard InChI is InChI=1S/C13H21NO4/c1-2-17-12(15)6-7-13(16)18-11-10-14-8-4-3-5-9-14/h6-7H,2-5,8-11H2,1H3/b7-6+. The van der Waals surface area contributed by atoms with Gasteiger partial charge < -0.3 is 9.47 Å². The van der Waals surface area contributed by atoms with Gasteiger partial charge >= 0.3 is 11.9 Å². The molecule has 0 aliphatic carbocycles. The SMILES string of the molecule is CCOC(=O)/C=C/C(=O)OCCN1CCCCC1. The molecule has 0 N–H and O–H groups in total. The lowest BCUT2D eigenvalue weighted by atomic mass is 10.1. The Balaban J connectivity index is 2.10. The Kier molecular flexibility index (Phi) is 7.10. The van der Waals surface area contributed by atoms with Crippen molar-refractivity contribution in [2.24, 2.45) is 0 Å². The van der Waals surface area contributed by atoms with Crippen LogP contribution >= 0.6 is 0 Å². The maximum absolute atomic E-state index is 11.3. The van der Waals surface area contributed by atoms with Gasteiger partial charge in [-0.2, -0.15) is 0 Å². The molecular formula is C13H21NO4. The van der Waals surface area contributed by atoms with Crippen LogP contribution in [0.3, 0.4) is 0 Å². The first kappa shape index (κ1) is 14.7. The molecule has 0 aromatic heterocycles. The van der Waals surface area contributed by atoms with Crippen LogP contribution in [0.4, 0.5) is 0 Å². The first-order valence-corrected chi connectivity index (χ1v) is 6.46. The van der Waals surface area contributed by atoms with E-state index in [1.807, 2.05) is 0 Å². The van der Waals surface area contributed by atoms with Crippen LogP contribution in [0.25, 0.3) is 0 Å². The lowest BCUT2D eigenvalue weighted by molar-refractivity contribution is -0.140. The van der Waals surface area contributed by atoms with E-state index in [1.165, 1.54) is 19.3 Å². The molecule has 0 amide bonds. The summed E-state index contributed by atoms with van der Waals surface area (Å²) in [6, 6.07) is 0. The van der Waals surface area contributed by atoms with Crippen LogP contribution in [0.2, 0.25) is 0 Å². The fourth-order valence-electron chi connectivity index (χ4n) is 1.83. The monoisotopic (exact) mass is 255 g/mol. The van der Waals surface area contributed by atoms with Gasteiger partial charge in [0.15, 0.2) is 0 Å². The normalized spacial score (nSPS) is 16.7. The zero-order valence-corrected chi connectivity index (χ0v) is 10.9. The van der Waals surface area contributed by atoms with E-state index in [1.54, 1.807) is 6.92 Å². The van der Waals surface area contributed by atoms with Crippen LogP contribution in [0.1, 0.15) is 26.2 Å². The maximum atomic E-state index is 11.3. The van der Waals surface area contributed by atoms with E-state index in [4.69, 9.17) is 4.74 Å². The molecule has 1 saturated heterocycles. The van der Waals surface area contributed by atoms with Crippen molar-refractivity contribution in [3.8, 4) is 0 Å². The Morgan fingerprint density at radius 2 is 1.67 bits per heavy atom. The van der Waals surface area contributed by atoms with Crippen molar-refractivity contribution in [1.29, 1.82) is 0 Å². The number of hydrogen-bond donors (Lipinski definition) is 0. The zero-order valence-electron chi connectivity index (χ0n) is 10.9. The van der Waals surface area contributed by atoms with E-state index < -0.39 is 11.9 Å². The minimum Gasteiger partial charge on any atom is -0.463 e. The highest BCUT2D eigenvalue weighted by Crippen LogP contribution is 2.07. The average molecular weight is 255 g/mol. The molecule has 0 saturated carbocycles. The topological polar surface area (TPSA) is 55.8 Å². The summed E-state index contributed by atoms with van der Waals surface area (Å²) in [7, 11) is 0. The minimum atomic E-state index is -0.523. The summed E-state index contributed by atoms with van der Waals surface area (Å²) in [5, 5.41) is 0. The summed E-state index contributed by atoms with van der Waals surface area (Å²) >= 11 is 0. The van der Waals surface area contributed by atoms with Gasteiger partial charge in [0.25, 0.3) is 0 Å². The van der Waals surface area contributed by atoms with Gasteiger partial charge in [-0.3, -0.25) is 4.90 Å². The van der Waals surface area contributed by atoms with Crippen LogP contribution in [-0.4, -0.2) is 49.7 Å². The average Bonchev–Trinajstić information content (AvgIpc) is 2.38. The highest BCUT2D eigenvalue weighted by molar-refractivity contribution is 5.91. The van der Waals surface area contributed by atoms with Gasteiger partial charge in [-0.05, 0) is 32.9 Å². The van der Waals surface area contributed by atoms with Crippen LogP contribution < -0.4 is 0 Å². The van der Waals surface area contributed by atoms with E-state index >= 15 is 0 Å². The number of likely N-dealkylation sites (tertiary alicyclic amines) is 1. The predicted molar refractivity (Wildman–Crippen MR) is 67.0 cm³/mol. The lowest BCUT2D eigenvalue weighted by Crippen LogP contribution is -2.33. The number of ether oxygens (including phenoxy) is 2. The summed E-state index contributed by atoms with van der Waals surface area (Å²) in [5.41, 5.74) is 0. The molecule has 102 valence electrons. The molecule has 0 radical (unpaired) electrons. The number of nitrogens with zero attached hydrogens (tertiary/aromatic N) is 1. The number of hydrogen-bond acceptors (Lipinski definition) is 5. The Morgan fingerprint density at radius 1 is 1.06 bits per heavy atom. The van der Waals surface area contributed by atoms with Crippen molar-refractivity contribution < 1.29 is 19.1 Å². The van der Waals surface area contributed by atoms with Crippen LogP contribution in [0.5, 0.6) is 0 Å². The summed E-state index contributed by atoms with van der Waals surface area (Å²) in [6.45, 7) is 5.30. The molecule has 5 nitrogen and oxygen atoms in total. The third kappa shape index (κ3) is 6.39. The van der Waals surface area contributed by atoms with Gasteiger partial charge in [-0.1, -0.05) is 6.42 Å². The molecule has 1 aliphatic heterocycles. The molecule has 5 heteroatoms. The maximum Gasteiger partial charge on any atom is 0.331 e. The van der Waals surface area contributed by atoms with E-state index in [2.05, 4.69) is 9.64 Å². The van der Waals surface area contributed by atoms with Crippen LogP contribution in [-0.2, 0) is 19.1 Å². The molecule has 1 aliphatic rings. The number of rotatable bonds is 6. The van der Waals surface area contributed by atoms with Crippen molar-refractivity contribution in [3.05, 3.63) is 12.2 Å². The van der Waals surface area contributed by atoms with Crippen LogP contribution in [0, 0.1) is 0 Å². The first-order valence-electron chi connectivity index (χ1n) is 6.46. The molecule has 0 atom stereocenters. The number of carbonyl (C=O) groups is 2. The molecule has 18 heavy (non-hydrogen) atoms. The lowest BCUT2D eigenvalue weighted by Gasteiger charge is -2.25. The predicted octanol–water partition coefficient (Wildman–Crippen LogP) is 1.13. The minimum absolute atomic E-state index is 0.299. The molecule has 0 unspecified atom stereocenters. The molecule has 0 spiro atoms. The Bertz CT molecular complexity index is 295. The van der Waals surface area contributed by atoms with E-state index in [9.17, 15) is 9.59 Å². The van der Waals surface area contributed by atoms with E-state index in [0.29, 0.717) is 13.2 Å². The van der Waals surface area contributed by atoms with Crippen molar-refractivity contribution in [2.45, 2.75) is 26.2 Å². The van der Waals surface area contributed by atoms with Crippen molar-refractivity contribution in [3.63, 3.8) is 0 Å². The third-order valence-electron chi connectivity index (χ3n) is 2.74. The van der Waals surface area contributed by atoms with Crippen molar-refractivity contribution >= 4 is 11.9 Å². The second kappa shape index (κ2) is 8.69. The summed E-state index contributed by atoms with van der Waals surface area (Å²) < 4.78 is 9.65. The second-order valence-electron chi connectivity index (χ2n) is 4.16. The number of piperidine rings is 1. The Morgan fingerprint density at radius 3 is 2.28 bits per heavy atom. The second-order valence-corrected chi connectivity index (χ2v) is 4.16. The molecule has 0 aromatic rings. The molecule has 0 bridgehead atoms. The highest BCUT2D eigenvalue weighted by Gasteiger charge is 2.10.